The minimum absolute atomic E-state index is 0.0229. The van der Waals surface area contributed by atoms with Crippen LogP contribution in [0.4, 0.5) is 0 Å². The first-order valence-electron chi connectivity index (χ1n) is 9.81. The molecule has 1 aromatic rings. The van der Waals surface area contributed by atoms with Crippen molar-refractivity contribution in [1.29, 1.82) is 0 Å². The fraction of sp³-hybridized carbons (Fsp3) is 0.682. The smallest absolute Gasteiger partial charge is 0.221 e. The molecule has 4 aliphatic rings. The molecule has 0 aromatic heterocycles. The van der Waals surface area contributed by atoms with E-state index in [0.717, 1.165) is 18.3 Å². The molecule has 0 radical (unpaired) electrons. The summed E-state index contributed by atoms with van der Waals surface area (Å²) >= 11 is 0. The van der Waals surface area contributed by atoms with Gasteiger partial charge in [-0.15, -0.1) is 0 Å². The van der Waals surface area contributed by atoms with Gasteiger partial charge in [0.25, 0.3) is 0 Å². The third kappa shape index (κ3) is 3.12. The number of amides is 1. The molecule has 0 saturated heterocycles. The number of aliphatic hydroxyl groups excluding tert-OH is 1. The van der Waals surface area contributed by atoms with Crippen LogP contribution in [0.5, 0.6) is 0 Å². The molecule has 3 heteroatoms. The molecule has 4 fully saturated rings. The van der Waals surface area contributed by atoms with Gasteiger partial charge in [-0.1, -0.05) is 30.3 Å². The van der Waals surface area contributed by atoms with E-state index in [1.165, 1.54) is 37.7 Å². The molecule has 0 unspecified atom stereocenters. The molecule has 4 saturated carbocycles. The van der Waals surface area contributed by atoms with Crippen molar-refractivity contribution in [3.05, 3.63) is 35.9 Å². The van der Waals surface area contributed by atoms with Crippen LogP contribution >= 0.6 is 0 Å². The summed E-state index contributed by atoms with van der Waals surface area (Å²) in [4.78, 5) is 12.7. The van der Waals surface area contributed by atoms with Crippen molar-refractivity contribution in [1.82, 2.24) is 5.32 Å². The van der Waals surface area contributed by atoms with Gasteiger partial charge in [-0.2, -0.15) is 0 Å². The topological polar surface area (TPSA) is 49.3 Å². The van der Waals surface area contributed by atoms with Gasteiger partial charge in [-0.3, -0.25) is 4.79 Å². The minimum Gasteiger partial charge on any atom is -0.394 e. The Hall–Kier alpha value is -1.35. The lowest BCUT2D eigenvalue weighted by Gasteiger charge is -2.62. The number of carbonyl (C=O) groups excluding carboxylic acids is 1. The van der Waals surface area contributed by atoms with Crippen LogP contribution in [-0.2, 0) is 10.2 Å². The van der Waals surface area contributed by atoms with Crippen LogP contribution in [0.1, 0.15) is 64.4 Å². The predicted octanol–water partition coefficient (Wildman–Crippen LogP) is 3.80. The van der Waals surface area contributed by atoms with Crippen LogP contribution in [0.25, 0.3) is 0 Å². The second-order valence-corrected chi connectivity index (χ2v) is 9.87. The molecule has 4 aliphatic carbocycles. The molecule has 1 aromatic carbocycles. The van der Waals surface area contributed by atoms with Crippen molar-refractivity contribution >= 4 is 5.91 Å². The minimum atomic E-state index is -0.531. The Morgan fingerprint density at radius 1 is 1.16 bits per heavy atom. The molecule has 0 aliphatic heterocycles. The summed E-state index contributed by atoms with van der Waals surface area (Å²) in [6.45, 7) is 3.75. The molecule has 25 heavy (non-hydrogen) atoms. The van der Waals surface area contributed by atoms with E-state index in [2.05, 4.69) is 35.6 Å². The van der Waals surface area contributed by atoms with Gasteiger partial charge in [0.2, 0.25) is 5.91 Å². The highest BCUT2D eigenvalue weighted by atomic mass is 16.3. The van der Waals surface area contributed by atoms with E-state index in [1.54, 1.807) is 0 Å². The van der Waals surface area contributed by atoms with E-state index in [9.17, 15) is 9.90 Å². The van der Waals surface area contributed by atoms with E-state index in [-0.39, 0.29) is 23.3 Å². The van der Waals surface area contributed by atoms with Gasteiger partial charge in [0.05, 0.1) is 12.1 Å². The zero-order valence-corrected chi connectivity index (χ0v) is 15.6. The zero-order chi connectivity index (χ0) is 17.7. The maximum Gasteiger partial charge on any atom is 0.221 e. The first-order valence-corrected chi connectivity index (χ1v) is 9.81. The van der Waals surface area contributed by atoms with Crippen LogP contribution in [0.15, 0.2) is 30.3 Å². The maximum absolute atomic E-state index is 12.7. The van der Waals surface area contributed by atoms with Crippen LogP contribution in [0.3, 0.4) is 0 Å². The third-order valence-corrected chi connectivity index (χ3v) is 6.98. The van der Waals surface area contributed by atoms with E-state index in [4.69, 9.17) is 0 Å². The maximum atomic E-state index is 12.7. The zero-order valence-electron chi connectivity index (χ0n) is 15.6. The van der Waals surface area contributed by atoms with Crippen molar-refractivity contribution in [2.45, 2.75) is 69.7 Å². The number of hydrogen-bond acceptors (Lipinski definition) is 2. The molecule has 0 spiro atoms. The number of aliphatic hydroxyl groups is 1. The van der Waals surface area contributed by atoms with Crippen molar-refractivity contribution in [3.8, 4) is 0 Å². The van der Waals surface area contributed by atoms with Crippen LogP contribution in [0, 0.1) is 17.3 Å². The fourth-order valence-corrected chi connectivity index (χ4v) is 6.59. The molecule has 3 nitrogen and oxygen atoms in total. The monoisotopic (exact) mass is 341 g/mol. The standard InChI is InChI=1S/C22H31NO2/c1-20(2,15-24)23-19(25)13-21-9-16-8-17(10-21)12-22(11-16,14-21)18-6-4-3-5-7-18/h3-7,16-17,24H,8-15H2,1-2H3,(H,23,25)/t16-,17-,21?,22?/m0/s1. The highest BCUT2D eigenvalue weighted by Crippen LogP contribution is 2.66. The van der Waals surface area contributed by atoms with Crippen LogP contribution < -0.4 is 5.32 Å². The van der Waals surface area contributed by atoms with Gasteiger partial charge >= 0.3 is 0 Å². The predicted molar refractivity (Wildman–Crippen MR) is 99.2 cm³/mol. The van der Waals surface area contributed by atoms with Gasteiger partial charge in [-0.25, -0.2) is 0 Å². The van der Waals surface area contributed by atoms with Crippen molar-refractivity contribution in [2.24, 2.45) is 17.3 Å². The summed E-state index contributed by atoms with van der Waals surface area (Å²) < 4.78 is 0. The van der Waals surface area contributed by atoms with E-state index < -0.39 is 5.54 Å². The quantitative estimate of drug-likeness (QED) is 0.856. The Bertz CT molecular complexity index is 637. The van der Waals surface area contributed by atoms with Crippen LogP contribution in [-0.4, -0.2) is 23.2 Å². The molecular formula is C22H31NO2. The lowest BCUT2D eigenvalue weighted by molar-refractivity contribution is -0.133. The summed E-state index contributed by atoms with van der Waals surface area (Å²) in [6.07, 6.45) is 8.18. The normalized spacial score (nSPS) is 36.4. The number of carbonyl (C=O) groups is 1. The van der Waals surface area contributed by atoms with Gasteiger partial charge in [0.15, 0.2) is 0 Å². The average molecular weight is 341 g/mol. The number of nitrogens with one attached hydrogen (secondary N) is 1. The first kappa shape index (κ1) is 17.1. The highest BCUT2D eigenvalue weighted by Gasteiger charge is 2.58. The molecule has 2 atom stereocenters. The summed E-state index contributed by atoms with van der Waals surface area (Å²) in [5.74, 6) is 1.67. The summed E-state index contributed by atoms with van der Waals surface area (Å²) in [7, 11) is 0. The van der Waals surface area contributed by atoms with Crippen LogP contribution in [0.2, 0.25) is 0 Å². The lowest BCUT2D eigenvalue weighted by Crippen LogP contribution is -2.56. The summed E-state index contributed by atoms with van der Waals surface area (Å²) in [5, 5.41) is 12.5. The molecule has 0 heterocycles. The van der Waals surface area contributed by atoms with E-state index >= 15 is 0 Å². The van der Waals surface area contributed by atoms with E-state index in [0.29, 0.717) is 6.42 Å². The average Bonchev–Trinajstić information content (AvgIpc) is 2.53. The second kappa shape index (κ2) is 5.84. The first-order chi connectivity index (χ1) is 11.8. The molecule has 1 amide bonds. The SMILES string of the molecule is CC(C)(CO)NC(=O)CC12C[C@@H]3C[C@@H](C1)CC(c1ccccc1)(C3)C2. The Labute approximate surface area is 151 Å². The Balaban J connectivity index is 1.58. The Morgan fingerprint density at radius 3 is 2.40 bits per heavy atom. The van der Waals surface area contributed by atoms with Crippen molar-refractivity contribution in [2.75, 3.05) is 6.61 Å². The van der Waals surface area contributed by atoms with Gasteiger partial charge in [0.1, 0.15) is 0 Å². The third-order valence-electron chi connectivity index (χ3n) is 6.98. The van der Waals surface area contributed by atoms with E-state index in [1.807, 2.05) is 13.8 Å². The molecule has 136 valence electrons. The van der Waals surface area contributed by atoms with Gasteiger partial charge in [0, 0.05) is 6.42 Å². The lowest BCUT2D eigenvalue weighted by atomic mass is 9.42. The van der Waals surface area contributed by atoms with Gasteiger partial charge in [-0.05, 0) is 80.6 Å². The highest BCUT2D eigenvalue weighted by molar-refractivity contribution is 5.77. The molecule has 2 N–H and O–H groups in total. The fourth-order valence-electron chi connectivity index (χ4n) is 6.59. The largest absolute Gasteiger partial charge is 0.394 e. The summed E-state index contributed by atoms with van der Waals surface area (Å²) in [5.41, 5.74) is 1.41. The molecular weight excluding hydrogens is 310 g/mol. The Morgan fingerprint density at radius 2 is 1.80 bits per heavy atom. The number of hydrogen-bond donors (Lipinski definition) is 2. The Kier molecular flexibility index (Phi) is 3.99. The van der Waals surface area contributed by atoms with Crippen molar-refractivity contribution in [3.63, 3.8) is 0 Å². The van der Waals surface area contributed by atoms with Gasteiger partial charge < -0.3 is 10.4 Å². The second-order valence-electron chi connectivity index (χ2n) is 9.87. The summed E-state index contributed by atoms with van der Waals surface area (Å²) in [6, 6.07) is 11.0. The number of benzene rings is 1. The van der Waals surface area contributed by atoms with Crippen molar-refractivity contribution < 1.29 is 9.90 Å². The number of rotatable bonds is 5. The molecule has 4 bridgehead atoms. The molecule has 5 rings (SSSR count).